The first-order chi connectivity index (χ1) is 9.65. The second-order valence-electron chi connectivity index (χ2n) is 4.20. The molecule has 1 heterocycles. The first-order valence-electron chi connectivity index (χ1n) is 5.93. The maximum Gasteiger partial charge on any atom is 0.275 e. The monoisotopic (exact) mass is 272 g/mol. The minimum absolute atomic E-state index is 0.0127. The van der Waals surface area contributed by atoms with E-state index in [-0.39, 0.29) is 24.4 Å². The summed E-state index contributed by atoms with van der Waals surface area (Å²) >= 11 is 0. The summed E-state index contributed by atoms with van der Waals surface area (Å²) in [6.07, 6.45) is 3.61. The fraction of sp³-hybridized carbons (Fsp3) is 0.231. The summed E-state index contributed by atoms with van der Waals surface area (Å²) in [4.78, 5) is 14.5. The van der Waals surface area contributed by atoms with Crippen LogP contribution in [0, 0.1) is 21.4 Å². The van der Waals surface area contributed by atoms with E-state index in [9.17, 15) is 10.1 Å². The predicted molar refractivity (Wildman–Crippen MR) is 69.9 cm³/mol. The van der Waals surface area contributed by atoms with Crippen molar-refractivity contribution in [1.29, 1.82) is 5.26 Å². The van der Waals surface area contributed by atoms with Crippen LogP contribution in [-0.4, -0.2) is 26.2 Å². The molecular weight excluding hydrogens is 260 g/mol. The number of nitro groups is 1. The lowest BCUT2D eigenvalue weighted by Crippen LogP contribution is -2.07. The van der Waals surface area contributed by atoms with Crippen molar-refractivity contribution in [2.24, 2.45) is 0 Å². The van der Waals surface area contributed by atoms with Gasteiger partial charge in [0.25, 0.3) is 5.69 Å². The van der Waals surface area contributed by atoms with Crippen molar-refractivity contribution < 1.29 is 10.0 Å². The molecular formula is C13H12N4O3. The molecule has 0 bridgehead atoms. The summed E-state index contributed by atoms with van der Waals surface area (Å²) in [5.74, 6) is 0. The standard InChI is InChI=1S/C13H12N4O3/c14-6-10-1-2-11(13(5-10)17(19)20)8-16-9-15-7-12(16)3-4-18/h1-2,5,7,9,18H,3-4,8H2. The number of rotatable bonds is 5. The lowest BCUT2D eigenvalue weighted by molar-refractivity contribution is -0.385. The SMILES string of the molecule is N#Cc1ccc(Cn2cncc2CCO)c([N+](=O)[O-])c1. The van der Waals surface area contributed by atoms with Gasteiger partial charge in [0, 0.05) is 36.5 Å². The molecule has 0 radical (unpaired) electrons. The molecule has 0 fully saturated rings. The number of hydrogen-bond donors (Lipinski definition) is 1. The van der Waals surface area contributed by atoms with Crippen molar-refractivity contribution in [2.75, 3.05) is 6.61 Å². The van der Waals surface area contributed by atoms with Crippen molar-refractivity contribution in [3.63, 3.8) is 0 Å². The molecule has 7 nitrogen and oxygen atoms in total. The van der Waals surface area contributed by atoms with Crippen molar-refractivity contribution in [2.45, 2.75) is 13.0 Å². The van der Waals surface area contributed by atoms with E-state index in [1.807, 2.05) is 6.07 Å². The molecule has 102 valence electrons. The van der Waals surface area contributed by atoms with Crippen LogP contribution in [0.4, 0.5) is 5.69 Å². The van der Waals surface area contributed by atoms with Crippen molar-refractivity contribution in [1.82, 2.24) is 9.55 Å². The molecule has 1 aromatic heterocycles. The number of aliphatic hydroxyl groups is 1. The highest BCUT2D eigenvalue weighted by atomic mass is 16.6. The van der Waals surface area contributed by atoms with E-state index < -0.39 is 4.92 Å². The number of benzene rings is 1. The van der Waals surface area contributed by atoms with Crippen LogP contribution in [0.3, 0.4) is 0 Å². The number of aromatic nitrogens is 2. The number of nitrogens with zero attached hydrogens (tertiary/aromatic N) is 4. The zero-order valence-corrected chi connectivity index (χ0v) is 10.6. The van der Waals surface area contributed by atoms with Crippen LogP contribution in [0.15, 0.2) is 30.7 Å². The van der Waals surface area contributed by atoms with Gasteiger partial charge in [-0.3, -0.25) is 10.1 Å². The predicted octanol–water partition coefficient (Wildman–Crippen LogP) is 1.25. The first kappa shape index (κ1) is 13.7. The number of aliphatic hydroxyl groups excluding tert-OH is 1. The smallest absolute Gasteiger partial charge is 0.275 e. The second-order valence-corrected chi connectivity index (χ2v) is 4.20. The van der Waals surface area contributed by atoms with Gasteiger partial charge in [-0.05, 0) is 12.1 Å². The van der Waals surface area contributed by atoms with Crippen LogP contribution in [0.5, 0.6) is 0 Å². The van der Waals surface area contributed by atoms with Crippen molar-refractivity contribution in [3.05, 3.63) is 57.7 Å². The van der Waals surface area contributed by atoms with Gasteiger partial charge in [-0.15, -0.1) is 0 Å². The van der Waals surface area contributed by atoms with Crippen LogP contribution in [0.2, 0.25) is 0 Å². The molecule has 20 heavy (non-hydrogen) atoms. The van der Waals surface area contributed by atoms with Crippen LogP contribution in [0.25, 0.3) is 0 Å². The number of imidazole rings is 1. The molecule has 7 heteroatoms. The zero-order chi connectivity index (χ0) is 14.5. The van der Waals surface area contributed by atoms with E-state index in [1.165, 1.54) is 6.07 Å². The Morgan fingerprint density at radius 1 is 1.50 bits per heavy atom. The van der Waals surface area contributed by atoms with Gasteiger partial charge in [-0.2, -0.15) is 5.26 Å². The summed E-state index contributed by atoms with van der Waals surface area (Å²) in [5, 5.41) is 28.8. The third-order valence-corrected chi connectivity index (χ3v) is 2.92. The molecule has 2 aromatic rings. The van der Waals surface area contributed by atoms with Crippen LogP contribution < -0.4 is 0 Å². The van der Waals surface area contributed by atoms with Crippen LogP contribution in [0.1, 0.15) is 16.8 Å². The van der Waals surface area contributed by atoms with E-state index in [2.05, 4.69) is 4.98 Å². The lowest BCUT2D eigenvalue weighted by Gasteiger charge is -2.08. The largest absolute Gasteiger partial charge is 0.396 e. The van der Waals surface area contributed by atoms with Crippen molar-refractivity contribution in [3.8, 4) is 6.07 Å². The van der Waals surface area contributed by atoms with Gasteiger partial charge in [0.2, 0.25) is 0 Å². The van der Waals surface area contributed by atoms with Crippen LogP contribution >= 0.6 is 0 Å². The van der Waals surface area contributed by atoms with E-state index in [1.54, 1.807) is 29.2 Å². The van der Waals surface area contributed by atoms with Gasteiger partial charge in [-0.25, -0.2) is 4.98 Å². The third-order valence-electron chi connectivity index (χ3n) is 2.92. The summed E-state index contributed by atoms with van der Waals surface area (Å²) in [5.41, 5.74) is 1.45. The summed E-state index contributed by atoms with van der Waals surface area (Å²) in [6, 6.07) is 6.26. The Bertz CT molecular complexity index is 672. The van der Waals surface area contributed by atoms with Crippen LogP contribution in [-0.2, 0) is 13.0 Å². The summed E-state index contributed by atoms with van der Waals surface area (Å²) in [7, 11) is 0. The maximum atomic E-state index is 11.1. The Labute approximate surface area is 114 Å². The summed E-state index contributed by atoms with van der Waals surface area (Å²) in [6.45, 7) is 0.262. The minimum Gasteiger partial charge on any atom is -0.396 e. The lowest BCUT2D eigenvalue weighted by atomic mass is 10.1. The summed E-state index contributed by atoms with van der Waals surface area (Å²) < 4.78 is 1.74. The minimum atomic E-state index is -0.501. The molecule has 0 unspecified atom stereocenters. The zero-order valence-electron chi connectivity index (χ0n) is 10.6. The van der Waals surface area contributed by atoms with E-state index in [4.69, 9.17) is 10.4 Å². The maximum absolute atomic E-state index is 11.1. The van der Waals surface area contributed by atoms with Gasteiger partial charge in [-0.1, -0.05) is 0 Å². The molecule has 0 aliphatic heterocycles. The Morgan fingerprint density at radius 2 is 2.30 bits per heavy atom. The molecule has 0 spiro atoms. The molecule has 0 aliphatic rings. The molecule has 0 amide bonds. The fourth-order valence-electron chi connectivity index (χ4n) is 1.93. The van der Waals surface area contributed by atoms with E-state index in [0.717, 1.165) is 5.69 Å². The van der Waals surface area contributed by atoms with Gasteiger partial charge in [0.15, 0.2) is 0 Å². The Morgan fingerprint density at radius 3 is 2.95 bits per heavy atom. The van der Waals surface area contributed by atoms with E-state index >= 15 is 0 Å². The average molecular weight is 272 g/mol. The van der Waals surface area contributed by atoms with Gasteiger partial charge in [0.1, 0.15) is 0 Å². The van der Waals surface area contributed by atoms with Crippen molar-refractivity contribution >= 4 is 5.69 Å². The molecule has 0 saturated heterocycles. The Balaban J connectivity index is 2.36. The van der Waals surface area contributed by atoms with E-state index in [0.29, 0.717) is 12.0 Å². The topological polar surface area (TPSA) is 105 Å². The third kappa shape index (κ3) is 2.81. The Kier molecular flexibility index (Phi) is 4.08. The fourth-order valence-corrected chi connectivity index (χ4v) is 1.93. The normalized spacial score (nSPS) is 10.2. The Hall–Kier alpha value is -2.72. The quantitative estimate of drug-likeness (QED) is 0.651. The van der Waals surface area contributed by atoms with Gasteiger partial charge < -0.3 is 9.67 Å². The molecule has 1 N–H and O–H groups in total. The highest BCUT2D eigenvalue weighted by Crippen LogP contribution is 2.21. The molecule has 0 saturated carbocycles. The molecule has 1 aromatic carbocycles. The highest BCUT2D eigenvalue weighted by molar-refractivity contribution is 5.47. The number of hydrogen-bond acceptors (Lipinski definition) is 5. The molecule has 0 atom stereocenters. The average Bonchev–Trinajstić information content (AvgIpc) is 2.87. The number of nitro benzene ring substituents is 1. The van der Waals surface area contributed by atoms with Gasteiger partial charge >= 0.3 is 0 Å². The highest BCUT2D eigenvalue weighted by Gasteiger charge is 2.15. The second kappa shape index (κ2) is 5.95. The molecule has 0 aliphatic carbocycles. The number of nitriles is 1. The van der Waals surface area contributed by atoms with Gasteiger partial charge in [0.05, 0.1) is 29.4 Å². The first-order valence-corrected chi connectivity index (χ1v) is 5.93. The molecule has 2 rings (SSSR count).